The molecule has 0 spiro atoms. The summed E-state index contributed by atoms with van der Waals surface area (Å²) in [5.74, 6) is 0.265. The number of hydrogen-bond acceptors (Lipinski definition) is 1. The first kappa shape index (κ1) is 13.9. The highest BCUT2D eigenvalue weighted by Gasteiger charge is 2.17. The molecule has 0 aliphatic heterocycles. The van der Waals surface area contributed by atoms with Crippen molar-refractivity contribution in [3.63, 3.8) is 0 Å². The summed E-state index contributed by atoms with van der Waals surface area (Å²) in [6.45, 7) is 6.64. The fourth-order valence-corrected chi connectivity index (χ4v) is 3.87. The Balaban J connectivity index is 2.60. The number of carbonyl (C=O) groups excluding carboxylic acids is 1. The zero-order valence-corrected chi connectivity index (χ0v) is 12.1. The van der Waals surface area contributed by atoms with Crippen LogP contribution in [0.4, 0.5) is 0 Å². The van der Waals surface area contributed by atoms with E-state index in [9.17, 15) is 4.79 Å². The average molecular weight is 246 g/mol. The summed E-state index contributed by atoms with van der Waals surface area (Å²) in [5.41, 5.74) is 3.55. The van der Waals surface area contributed by atoms with Crippen molar-refractivity contribution in [2.45, 2.75) is 38.9 Å². The number of carbonyl (C=O) groups is 1. The fraction of sp³-hybridized carbons (Fsp3) is 0.400. The lowest BCUT2D eigenvalue weighted by atomic mass is 10.2. The molecule has 17 heavy (non-hydrogen) atoms. The van der Waals surface area contributed by atoms with Crippen LogP contribution in [0.1, 0.15) is 25.3 Å². The van der Waals surface area contributed by atoms with Crippen LogP contribution in [0.2, 0.25) is 13.1 Å². The quantitative estimate of drug-likeness (QED) is 0.549. The van der Waals surface area contributed by atoms with Gasteiger partial charge in [0.05, 0.1) is 8.07 Å². The lowest BCUT2D eigenvalue weighted by molar-refractivity contribution is -0.114. The first-order valence-corrected chi connectivity index (χ1v) is 9.58. The SMILES string of the molecule is CCCC(=O)/C=C\[Si](C)(C)Cc1ccccc1. The third kappa shape index (κ3) is 5.64. The molecule has 92 valence electrons. The van der Waals surface area contributed by atoms with Crippen LogP contribution in [0, 0.1) is 0 Å². The molecule has 0 fully saturated rings. The Bertz CT molecular complexity index is 379. The van der Waals surface area contributed by atoms with Crippen molar-refractivity contribution in [3.8, 4) is 0 Å². The third-order valence-electron chi connectivity index (χ3n) is 2.72. The molecule has 0 atom stereocenters. The van der Waals surface area contributed by atoms with Crippen molar-refractivity contribution in [2.24, 2.45) is 0 Å². The van der Waals surface area contributed by atoms with Crippen LogP contribution in [-0.2, 0) is 10.8 Å². The van der Waals surface area contributed by atoms with Crippen LogP contribution in [0.25, 0.3) is 0 Å². The van der Waals surface area contributed by atoms with Crippen molar-refractivity contribution in [1.29, 1.82) is 0 Å². The summed E-state index contributed by atoms with van der Waals surface area (Å²) in [7, 11) is -1.44. The lowest BCUT2D eigenvalue weighted by Gasteiger charge is -2.17. The van der Waals surface area contributed by atoms with E-state index >= 15 is 0 Å². The summed E-state index contributed by atoms with van der Waals surface area (Å²) in [5, 5.41) is 0. The van der Waals surface area contributed by atoms with E-state index in [4.69, 9.17) is 0 Å². The number of benzene rings is 1. The molecule has 1 aromatic rings. The van der Waals surface area contributed by atoms with Crippen molar-refractivity contribution >= 4 is 13.9 Å². The molecule has 0 aliphatic rings. The topological polar surface area (TPSA) is 17.1 Å². The number of allylic oxidation sites excluding steroid dienone is 1. The van der Waals surface area contributed by atoms with Gasteiger partial charge in [-0.3, -0.25) is 4.79 Å². The van der Waals surface area contributed by atoms with Gasteiger partial charge >= 0.3 is 0 Å². The Morgan fingerprint density at radius 1 is 1.24 bits per heavy atom. The Morgan fingerprint density at radius 2 is 1.88 bits per heavy atom. The summed E-state index contributed by atoms with van der Waals surface area (Å²) in [6.07, 6.45) is 3.41. The van der Waals surface area contributed by atoms with E-state index in [2.05, 4.69) is 43.1 Å². The highest BCUT2D eigenvalue weighted by atomic mass is 28.3. The molecular formula is C15H22OSi. The minimum absolute atomic E-state index is 0.265. The summed E-state index contributed by atoms with van der Waals surface area (Å²) >= 11 is 0. The van der Waals surface area contributed by atoms with Gasteiger partial charge in [-0.2, -0.15) is 0 Å². The van der Waals surface area contributed by atoms with Gasteiger partial charge < -0.3 is 0 Å². The van der Waals surface area contributed by atoms with Crippen LogP contribution < -0.4 is 0 Å². The van der Waals surface area contributed by atoms with Gasteiger partial charge in [0.15, 0.2) is 5.78 Å². The highest BCUT2D eigenvalue weighted by Crippen LogP contribution is 2.13. The molecule has 0 N–H and O–H groups in total. The molecule has 1 aromatic carbocycles. The molecule has 0 heterocycles. The second kappa shape index (κ2) is 6.55. The van der Waals surface area contributed by atoms with Gasteiger partial charge in [0.1, 0.15) is 0 Å². The zero-order valence-electron chi connectivity index (χ0n) is 11.1. The summed E-state index contributed by atoms with van der Waals surface area (Å²) in [4.78, 5) is 11.5. The maximum absolute atomic E-state index is 11.5. The summed E-state index contributed by atoms with van der Waals surface area (Å²) in [6, 6.07) is 11.6. The monoisotopic (exact) mass is 246 g/mol. The normalized spacial score (nSPS) is 11.9. The highest BCUT2D eigenvalue weighted by molar-refractivity contribution is 6.81. The van der Waals surface area contributed by atoms with Gasteiger partial charge in [0.2, 0.25) is 0 Å². The maximum Gasteiger partial charge on any atom is 0.154 e. The second-order valence-corrected chi connectivity index (χ2v) is 9.86. The van der Waals surface area contributed by atoms with Gasteiger partial charge in [0, 0.05) is 6.42 Å². The smallest absolute Gasteiger partial charge is 0.154 e. The molecule has 2 heteroatoms. The van der Waals surface area contributed by atoms with Crippen LogP contribution in [0.3, 0.4) is 0 Å². The van der Waals surface area contributed by atoms with Crippen LogP contribution in [0.5, 0.6) is 0 Å². The predicted octanol–water partition coefficient (Wildman–Crippen LogP) is 3.94. The van der Waals surface area contributed by atoms with Crippen LogP contribution in [0.15, 0.2) is 42.1 Å². The Morgan fingerprint density at radius 3 is 2.47 bits per heavy atom. The number of hydrogen-bond donors (Lipinski definition) is 0. The Kier molecular flexibility index (Phi) is 5.36. The molecule has 0 saturated carbocycles. The van der Waals surface area contributed by atoms with Gasteiger partial charge in [-0.05, 0) is 18.5 Å². The van der Waals surface area contributed by atoms with Crippen molar-refractivity contribution in [1.82, 2.24) is 0 Å². The van der Waals surface area contributed by atoms with Gasteiger partial charge in [-0.15, -0.1) is 0 Å². The molecule has 0 radical (unpaired) electrons. The molecule has 1 nitrogen and oxygen atoms in total. The van der Waals surface area contributed by atoms with E-state index in [1.165, 1.54) is 5.56 Å². The minimum atomic E-state index is -1.44. The van der Waals surface area contributed by atoms with Gasteiger partial charge in [-0.1, -0.05) is 61.6 Å². The first-order valence-electron chi connectivity index (χ1n) is 6.29. The molecule has 0 unspecified atom stereocenters. The van der Waals surface area contributed by atoms with E-state index in [1.807, 2.05) is 13.0 Å². The van der Waals surface area contributed by atoms with Crippen LogP contribution in [-0.4, -0.2) is 13.9 Å². The molecule has 0 aliphatic carbocycles. The molecule has 0 saturated heterocycles. The standard InChI is InChI=1S/C15H22OSi/c1-4-8-15(16)11-12-17(2,3)13-14-9-6-5-7-10-14/h5-7,9-12H,4,8,13H2,1-3H3/b12-11-. The second-order valence-electron chi connectivity index (χ2n) is 5.20. The van der Waals surface area contributed by atoms with E-state index in [0.717, 1.165) is 12.5 Å². The molecule has 0 aromatic heterocycles. The predicted molar refractivity (Wildman–Crippen MR) is 76.7 cm³/mol. The van der Waals surface area contributed by atoms with E-state index in [0.29, 0.717) is 6.42 Å². The van der Waals surface area contributed by atoms with Gasteiger partial charge in [0.25, 0.3) is 0 Å². The van der Waals surface area contributed by atoms with Gasteiger partial charge in [-0.25, -0.2) is 0 Å². The number of rotatable bonds is 6. The Labute approximate surface area is 106 Å². The average Bonchev–Trinajstić information content (AvgIpc) is 2.28. The van der Waals surface area contributed by atoms with E-state index in [1.54, 1.807) is 6.08 Å². The van der Waals surface area contributed by atoms with E-state index < -0.39 is 8.07 Å². The first-order chi connectivity index (χ1) is 8.03. The van der Waals surface area contributed by atoms with Crippen molar-refractivity contribution < 1.29 is 4.79 Å². The molecule has 0 amide bonds. The fourth-order valence-electron chi connectivity index (χ4n) is 1.83. The van der Waals surface area contributed by atoms with Crippen molar-refractivity contribution in [3.05, 3.63) is 47.7 Å². The zero-order chi connectivity index (χ0) is 12.7. The molecule has 0 bridgehead atoms. The van der Waals surface area contributed by atoms with E-state index in [-0.39, 0.29) is 5.78 Å². The Hall–Kier alpha value is -1.15. The number of ketones is 1. The lowest BCUT2D eigenvalue weighted by Crippen LogP contribution is -2.27. The summed E-state index contributed by atoms with van der Waals surface area (Å²) < 4.78 is 0. The molecular weight excluding hydrogens is 224 g/mol. The largest absolute Gasteiger partial charge is 0.295 e. The third-order valence-corrected chi connectivity index (χ3v) is 5.11. The molecule has 1 rings (SSSR count). The minimum Gasteiger partial charge on any atom is -0.295 e. The maximum atomic E-state index is 11.5. The van der Waals surface area contributed by atoms with Crippen LogP contribution >= 0.6 is 0 Å². The van der Waals surface area contributed by atoms with Crippen molar-refractivity contribution in [2.75, 3.05) is 0 Å².